The summed E-state index contributed by atoms with van der Waals surface area (Å²) in [6.07, 6.45) is 6.44. The standard InChI is InChI=1S/C15H20O2/c16-15(10-8-13-5-3-11-17-13)9-7-12-4-1-2-6-14(12)15/h1-2,4,6,13,16H,3,5,7-11H2. The highest BCUT2D eigenvalue weighted by Gasteiger charge is 2.36. The van der Waals surface area contributed by atoms with Gasteiger partial charge in [0.15, 0.2) is 0 Å². The number of rotatable bonds is 3. The summed E-state index contributed by atoms with van der Waals surface area (Å²) in [6, 6.07) is 8.31. The Bertz CT molecular complexity index is 396. The van der Waals surface area contributed by atoms with Crippen LogP contribution in [-0.2, 0) is 16.8 Å². The van der Waals surface area contributed by atoms with E-state index in [0.717, 1.165) is 44.3 Å². The molecule has 3 rings (SSSR count). The Kier molecular flexibility index (Phi) is 2.93. The first-order valence-corrected chi connectivity index (χ1v) is 6.70. The van der Waals surface area contributed by atoms with Gasteiger partial charge >= 0.3 is 0 Å². The van der Waals surface area contributed by atoms with E-state index in [0.29, 0.717) is 6.10 Å². The molecule has 17 heavy (non-hydrogen) atoms. The maximum Gasteiger partial charge on any atom is 0.0903 e. The quantitative estimate of drug-likeness (QED) is 0.868. The molecule has 1 N–H and O–H groups in total. The highest BCUT2D eigenvalue weighted by molar-refractivity contribution is 5.36. The highest BCUT2D eigenvalue weighted by Crippen LogP contribution is 2.40. The van der Waals surface area contributed by atoms with Crippen LogP contribution in [0, 0.1) is 0 Å². The summed E-state index contributed by atoms with van der Waals surface area (Å²) >= 11 is 0. The van der Waals surface area contributed by atoms with E-state index < -0.39 is 5.60 Å². The summed E-state index contributed by atoms with van der Waals surface area (Å²) in [5, 5.41) is 10.7. The number of fused-ring (bicyclic) bond motifs is 1. The van der Waals surface area contributed by atoms with Crippen LogP contribution in [0.4, 0.5) is 0 Å². The van der Waals surface area contributed by atoms with E-state index in [1.54, 1.807) is 0 Å². The van der Waals surface area contributed by atoms with E-state index in [2.05, 4.69) is 18.2 Å². The van der Waals surface area contributed by atoms with Crippen molar-refractivity contribution in [3.05, 3.63) is 35.4 Å². The lowest BCUT2D eigenvalue weighted by Crippen LogP contribution is -2.24. The molecule has 2 nitrogen and oxygen atoms in total. The van der Waals surface area contributed by atoms with Gasteiger partial charge in [-0.2, -0.15) is 0 Å². The van der Waals surface area contributed by atoms with Gasteiger partial charge in [0.25, 0.3) is 0 Å². The fourth-order valence-corrected chi connectivity index (χ4v) is 3.20. The molecule has 2 atom stereocenters. The molecule has 1 aliphatic carbocycles. The van der Waals surface area contributed by atoms with Crippen LogP contribution in [0.25, 0.3) is 0 Å². The molecule has 2 heteroatoms. The molecule has 1 heterocycles. The molecule has 2 aliphatic rings. The van der Waals surface area contributed by atoms with Crippen molar-refractivity contribution in [1.82, 2.24) is 0 Å². The van der Waals surface area contributed by atoms with E-state index in [1.165, 1.54) is 12.0 Å². The van der Waals surface area contributed by atoms with Crippen molar-refractivity contribution in [2.75, 3.05) is 6.61 Å². The molecular formula is C15H20O2. The van der Waals surface area contributed by atoms with E-state index in [4.69, 9.17) is 4.74 Å². The van der Waals surface area contributed by atoms with Crippen LogP contribution in [-0.4, -0.2) is 17.8 Å². The van der Waals surface area contributed by atoms with Crippen LogP contribution in [0.3, 0.4) is 0 Å². The zero-order valence-electron chi connectivity index (χ0n) is 10.2. The van der Waals surface area contributed by atoms with Crippen LogP contribution in [0.1, 0.15) is 43.2 Å². The Morgan fingerprint density at radius 2 is 2.24 bits per heavy atom. The summed E-state index contributed by atoms with van der Waals surface area (Å²) < 4.78 is 5.63. The number of ether oxygens (including phenoxy) is 1. The third-order valence-electron chi connectivity index (χ3n) is 4.23. The van der Waals surface area contributed by atoms with Crippen LogP contribution in [0.5, 0.6) is 0 Å². The Balaban J connectivity index is 1.70. The largest absolute Gasteiger partial charge is 0.385 e. The first kappa shape index (κ1) is 11.2. The maximum atomic E-state index is 10.7. The lowest BCUT2D eigenvalue weighted by Gasteiger charge is -2.25. The number of aryl methyl sites for hydroxylation is 1. The van der Waals surface area contributed by atoms with E-state index in [-0.39, 0.29) is 0 Å². The number of hydrogen-bond donors (Lipinski definition) is 1. The molecule has 1 saturated heterocycles. The van der Waals surface area contributed by atoms with Crippen molar-refractivity contribution >= 4 is 0 Å². The molecule has 0 radical (unpaired) electrons. The minimum absolute atomic E-state index is 0.381. The molecule has 0 aromatic heterocycles. The molecule has 0 saturated carbocycles. The van der Waals surface area contributed by atoms with Crippen molar-refractivity contribution in [2.24, 2.45) is 0 Å². The SMILES string of the molecule is OC1(CCC2CCCO2)CCc2ccccc21. The Labute approximate surface area is 103 Å². The zero-order valence-corrected chi connectivity index (χ0v) is 10.2. The lowest BCUT2D eigenvalue weighted by atomic mass is 9.89. The summed E-state index contributed by atoms with van der Waals surface area (Å²) in [4.78, 5) is 0. The van der Waals surface area contributed by atoms with E-state index in [9.17, 15) is 5.11 Å². The summed E-state index contributed by atoms with van der Waals surface area (Å²) in [5.41, 5.74) is 1.88. The maximum absolute atomic E-state index is 10.7. The van der Waals surface area contributed by atoms with Gasteiger partial charge in [0.1, 0.15) is 0 Å². The molecule has 1 fully saturated rings. The summed E-state index contributed by atoms with van der Waals surface area (Å²) in [5.74, 6) is 0. The van der Waals surface area contributed by atoms with Gasteiger partial charge in [-0.05, 0) is 49.7 Å². The van der Waals surface area contributed by atoms with Crippen molar-refractivity contribution in [3.63, 3.8) is 0 Å². The van der Waals surface area contributed by atoms with Gasteiger partial charge in [0.05, 0.1) is 11.7 Å². The normalized spacial score (nSPS) is 31.7. The smallest absolute Gasteiger partial charge is 0.0903 e. The number of aliphatic hydroxyl groups is 1. The van der Waals surface area contributed by atoms with Gasteiger partial charge in [0, 0.05) is 6.61 Å². The average Bonchev–Trinajstić information content (AvgIpc) is 2.97. The molecule has 0 amide bonds. The Hall–Kier alpha value is -0.860. The third-order valence-corrected chi connectivity index (χ3v) is 4.23. The van der Waals surface area contributed by atoms with Crippen molar-refractivity contribution in [3.8, 4) is 0 Å². The van der Waals surface area contributed by atoms with Crippen molar-refractivity contribution in [2.45, 2.75) is 50.2 Å². The first-order chi connectivity index (χ1) is 8.28. The summed E-state index contributed by atoms with van der Waals surface area (Å²) in [7, 11) is 0. The topological polar surface area (TPSA) is 29.5 Å². The molecule has 1 aromatic carbocycles. The number of benzene rings is 1. The second-order valence-electron chi connectivity index (χ2n) is 5.36. The highest BCUT2D eigenvalue weighted by atomic mass is 16.5. The fraction of sp³-hybridized carbons (Fsp3) is 0.600. The van der Waals surface area contributed by atoms with Crippen molar-refractivity contribution < 1.29 is 9.84 Å². The monoisotopic (exact) mass is 232 g/mol. The van der Waals surface area contributed by atoms with Gasteiger partial charge in [-0.15, -0.1) is 0 Å². The fourth-order valence-electron chi connectivity index (χ4n) is 3.20. The second kappa shape index (κ2) is 4.43. The number of hydrogen-bond acceptors (Lipinski definition) is 2. The van der Waals surface area contributed by atoms with Crippen LogP contribution < -0.4 is 0 Å². The second-order valence-corrected chi connectivity index (χ2v) is 5.36. The van der Waals surface area contributed by atoms with Gasteiger partial charge in [-0.25, -0.2) is 0 Å². The van der Waals surface area contributed by atoms with Gasteiger partial charge < -0.3 is 9.84 Å². The molecule has 1 aliphatic heterocycles. The molecule has 92 valence electrons. The van der Waals surface area contributed by atoms with Gasteiger partial charge in [-0.3, -0.25) is 0 Å². The Morgan fingerprint density at radius 1 is 1.35 bits per heavy atom. The predicted molar refractivity (Wildman–Crippen MR) is 66.9 cm³/mol. The zero-order chi connectivity index (χ0) is 11.7. The minimum Gasteiger partial charge on any atom is -0.385 e. The van der Waals surface area contributed by atoms with Crippen molar-refractivity contribution in [1.29, 1.82) is 0 Å². The van der Waals surface area contributed by atoms with Gasteiger partial charge in [-0.1, -0.05) is 24.3 Å². The molecule has 2 unspecified atom stereocenters. The molecule has 0 bridgehead atoms. The minimum atomic E-state index is -0.595. The predicted octanol–water partition coefficient (Wildman–Crippen LogP) is 2.78. The average molecular weight is 232 g/mol. The van der Waals surface area contributed by atoms with Crippen LogP contribution in [0.15, 0.2) is 24.3 Å². The molecular weight excluding hydrogens is 212 g/mol. The first-order valence-electron chi connectivity index (χ1n) is 6.70. The Morgan fingerprint density at radius 3 is 3.06 bits per heavy atom. The van der Waals surface area contributed by atoms with E-state index >= 15 is 0 Å². The van der Waals surface area contributed by atoms with Crippen LogP contribution in [0.2, 0.25) is 0 Å². The molecule has 1 aromatic rings. The summed E-state index contributed by atoms with van der Waals surface area (Å²) in [6.45, 7) is 0.902. The lowest BCUT2D eigenvalue weighted by molar-refractivity contribution is 0.00814. The third kappa shape index (κ3) is 2.12. The van der Waals surface area contributed by atoms with Crippen LogP contribution >= 0.6 is 0 Å². The van der Waals surface area contributed by atoms with Gasteiger partial charge in [0.2, 0.25) is 0 Å². The van der Waals surface area contributed by atoms with E-state index in [1.807, 2.05) is 6.07 Å². The molecule has 0 spiro atoms.